The lowest BCUT2D eigenvalue weighted by molar-refractivity contribution is 0.0958. The molecule has 1 heterocycles. The fraction of sp³-hybridized carbons (Fsp3) is 0.250. The van der Waals surface area contributed by atoms with Gasteiger partial charge in [0.25, 0.3) is 5.91 Å². The summed E-state index contributed by atoms with van der Waals surface area (Å²) in [5.74, 6) is -0.119. The van der Waals surface area contributed by atoms with E-state index in [9.17, 15) is 4.79 Å². The van der Waals surface area contributed by atoms with Crippen LogP contribution < -0.4 is 5.32 Å². The molecule has 1 rings (SSSR count). The molecule has 0 saturated carbocycles. The van der Waals surface area contributed by atoms with Crippen molar-refractivity contribution in [1.82, 2.24) is 5.32 Å². The average molecular weight is 259 g/mol. The number of nitrogens with one attached hydrogen (secondary N) is 1. The van der Waals surface area contributed by atoms with Gasteiger partial charge in [0.1, 0.15) is 0 Å². The minimum atomic E-state index is -0.119. The van der Waals surface area contributed by atoms with Crippen LogP contribution in [-0.4, -0.2) is 12.5 Å². The van der Waals surface area contributed by atoms with Gasteiger partial charge in [0, 0.05) is 6.54 Å². The molecule has 0 atom stereocenters. The van der Waals surface area contributed by atoms with Gasteiger partial charge in [-0.25, -0.2) is 0 Å². The standard InChI is InChI=1S/C8H7BrN2OS/c9-7-3-2-6(13-7)8(12)11-5-1-4-10/h2-3H,1,5H2,(H,11,12). The molecule has 0 bridgehead atoms. The number of nitrogens with zero attached hydrogens (tertiary/aromatic N) is 1. The van der Waals surface area contributed by atoms with Crippen LogP contribution in [0.2, 0.25) is 0 Å². The highest BCUT2D eigenvalue weighted by molar-refractivity contribution is 9.11. The smallest absolute Gasteiger partial charge is 0.261 e. The number of carbonyl (C=O) groups excluding carboxylic acids is 1. The van der Waals surface area contributed by atoms with Crippen molar-refractivity contribution in [3.63, 3.8) is 0 Å². The fourth-order valence-corrected chi connectivity index (χ4v) is 2.06. The van der Waals surface area contributed by atoms with Crippen molar-refractivity contribution < 1.29 is 4.79 Å². The van der Waals surface area contributed by atoms with E-state index < -0.39 is 0 Å². The van der Waals surface area contributed by atoms with Crippen LogP contribution in [0.15, 0.2) is 15.9 Å². The summed E-state index contributed by atoms with van der Waals surface area (Å²) in [4.78, 5) is 12.0. The Labute approximate surface area is 88.5 Å². The first-order valence-electron chi connectivity index (χ1n) is 3.64. The van der Waals surface area contributed by atoms with Crippen LogP contribution in [0.4, 0.5) is 0 Å². The first kappa shape index (κ1) is 10.2. The van der Waals surface area contributed by atoms with Crippen LogP contribution in [0, 0.1) is 11.3 Å². The lowest BCUT2D eigenvalue weighted by atomic mass is 10.4. The lowest BCUT2D eigenvalue weighted by Gasteiger charge is -1.97. The second-order valence-corrected chi connectivity index (χ2v) is 4.73. The van der Waals surface area contributed by atoms with Gasteiger partial charge in [0.15, 0.2) is 0 Å². The van der Waals surface area contributed by atoms with E-state index in [0.29, 0.717) is 17.8 Å². The molecular formula is C8H7BrN2OS. The summed E-state index contributed by atoms with van der Waals surface area (Å²) in [6.07, 6.45) is 0.346. The molecule has 0 saturated heterocycles. The fourth-order valence-electron chi connectivity index (χ4n) is 0.755. The third-order valence-electron chi connectivity index (χ3n) is 1.32. The summed E-state index contributed by atoms with van der Waals surface area (Å²) in [6.45, 7) is 0.408. The Hall–Kier alpha value is -0.860. The SMILES string of the molecule is N#CCCNC(=O)c1ccc(Br)s1. The Morgan fingerprint density at radius 2 is 2.46 bits per heavy atom. The van der Waals surface area contributed by atoms with Crippen LogP contribution in [0.5, 0.6) is 0 Å². The average Bonchev–Trinajstić information content (AvgIpc) is 2.52. The molecule has 68 valence electrons. The third-order valence-corrected chi connectivity index (χ3v) is 2.94. The summed E-state index contributed by atoms with van der Waals surface area (Å²) < 4.78 is 0.929. The van der Waals surface area contributed by atoms with Gasteiger partial charge in [-0.2, -0.15) is 5.26 Å². The molecule has 13 heavy (non-hydrogen) atoms. The van der Waals surface area contributed by atoms with E-state index in [-0.39, 0.29) is 5.91 Å². The zero-order valence-corrected chi connectivity index (χ0v) is 9.11. The largest absolute Gasteiger partial charge is 0.350 e. The lowest BCUT2D eigenvalue weighted by Crippen LogP contribution is -2.23. The van der Waals surface area contributed by atoms with Gasteiger partial charge >= 0.3 is 0 Å². The predicted octanol–water partition coefficient (Wildman–Crippen LogP) is 2.15. The highest BCUT2D eigenvalue weighted by Crippen LogP contribution is 2.21. The number of hydrogen-bond donors (Lipinski definition) is 1. The Bertz CT molecular complexity index is 342. The van der Waals surface area contributed by atoms with Gasteiger partial charge < -0.3 is 5.32 Å². The number of thiophene rings is 1. The van der Waals surface area contributed by atoms with E-state index in [2.05, 4.69) is 21.2 Å². The van der Waals surface area contributed by atoms with E-state index in [1.807, 2.05) is 12.1 Å². The van der Waals surface area contributed by atoms with Gasteiger partial charge in [-0.3, -0.25) is 4.79 Å². The minimum absolute atomic E-state index is 0.119. The molecule has 5 heteroatoms. The van der Waals surface area contributed by atoms with E-state index in [1.165, 1.54) is 11.3 Å². The molecule has 0 aliphatic carbocycles. The number of hydrogen-bond acceptors (Lipinski definition) is 3. The van der Waals surface area contributed by atoms with Crippen molar-refractivity contribution in [3.8, 4) is 6.07 Å². The topological polar surface area (TPSA) is 52.9 Å². The van der Waals surface area contributed by atoms with E-state index in [1.54, 1.807) is 6.07 Å². The minimum Gasteiger partial charge on any atom is -0.350 e. The van der Waals surface area contributed by atoms with Crippen LogP contribution in [0.25, 0.3) is 0 Å². The maximum absolute atomic E-state index is 11.3. The van der Waals surface area contributed by atoms with E-state index >= 15 is 0 Å². The van der Waals surface area contributed by atoms with Crippen molar-refractivity contribution >= 4 is 33.2 Å². The zero-order valence-electron chi connectivity index (χ0n) is 6.71. The summed E-state index contributed by atoms with van der Waals surface area (Å²) >= 11 is 4.64. The maximum Gasteiger partial charge on any atom is 0.261 e. The van der Waals surface area contributed by atoms with Crippen LogP contribution in [0.1, 0.15) is 16.1 Å². The molecule has 1 aromatic rings. The van der Waals surface area contributed by atoms with Gasteiger partial charge in [0.05, 0.1) is 21.2 Å². The van der Waals surface area contributed by atoms with Crippen LogP contribution in [0.3, 0.4) is 0 Å². The first-order chi connectivity index (χ1) is 6.24. The molecule has 0 fully saturated rings. The second kappa shape index (κ2) is 5.00. The summed E-state index contributed by atoms with van der Waals surface area (Å²) in [5.41, 5.74) is 0. The van der Waals surface area contributed by atoms with Crippen molar-refractivity contribution in [3.05, 3.63) is 20.8 Å². The molecule has 1 N–H and O–H groups in total. The molecule has 3 nitrogen and oxygen atoms in total. The van der Waals surface area contributed by atoms with Crippen molar-refractivity contribution in [2.24, 2.45) is 0 Å². The van der Waals surface area contributed by atoms with Crippen molar-refractivity contribution in [2.45, 2.75) is 6.42 Å². The van der Waals surface area contributed by atoms with E-state index in [4.69, 9.17) is 5.26 Å². The second-order valence-electron chi connectivity index (χ2n) is 2.27. The van der Waals surface area contributed by atoms with Crippen LogP contribution >= 0.6 is 27.3 Å². The molecule has 0 radical (unpaired) electrons. The van der Waals surface area contributed by atoms with Gasteiger partial charge in [-0.1, -0.05) is 0 Å². The molecule has 1 amide bonds. The normalized spacial score (nSPS) is 9.23. The highest BCUT2D eigenvalue weighted by Gasteiger charge is 2.06. The van der Waals surface area contributed by atoms with Crippen molar-refractivity contribution in [2.75, 3.05) is 6.54 Å². The predicted molar refractivity (Wildman–Crippen MR) is 54.6 cm³/mol. The summed E-state index contributed by atoms with van der Waals surface area (Å²) in [5, 5.41) is 10.9. The first-order valence-corrected chi connectivity index (χ1v) is 5.25. The monoisotopic (exact) mass is 258 g/mol. The molecule has 0 unspecified atom stereocenters. The molecular weight excluding hydrogens is 252 g/mol. The van der Waals surface area contributed by atoms with Crippen LogP contribution in [-0.2, 0) is 0 Å². The third kappa shape index (κ3) is 3.17. The van der Waals surface area contributed by atoms with Crippen molar-refractivity contribution in [1.29, 1.82) is 5.26 Å². The number of carbonyl (C=O) groups is 1. The number of rotatable bonds is 3. The Morgan fingerprint density at radius 3 is 3.00 bits per heavy atom. The zero-order chi connectivity index (χ0) is 9.68. The summed E-state index contributed by atoms with van der Waals surface area (Å²) in [7, 11) is 0. The number of nitriles is 1. The molecule has 0 spiro atoms. The molecule has 0 aromatic carbocycles. The van der Waals surface area contributed by atoms with Gasteiger partial charge in [-0.05, 0) is 28.1 Å². The number of halogens is 1. The quantitative estimate of drug-likeness (QED) is 0.845. The summed E-state index contributed by atoms with van der Waals surface area (Å²) in [6, 6.07) is 5.53. The molecule has 1 aromatic heterocycles. The van der Waals surface area contributed by atoms with Gasteiger partial charge in [0.2, 0.25) is 0 Å². The Balaban J connectivity index is 2.45. The Kier molecular flexibility index (Phi) is 3.93. The molecule has 0 aliphatic heterocycles. The highest BCUT2D eigenvalue weighted by atomic mass is 79.9. The Morgan fingerprint density at radius 1 is 1.69 bits per heavy atom. The maximum atomic E-state index is 11.3. The molecule has 0 aliphatic rings. The number of amides is 1. The van der Waals surface area contributed by atoms with Gasteiger partial charge in [-0.15, -0.1) is 11.3 Å². The van der Waals surface area contributed by atoms with E-state index in [0.717, 1.165) is 3.79 Å².